The van der Waals surface area contributed by atoms with Gasteiger partial charge in [-0.2, -0.15) is 13.2 Å². The zero-order chi connectivity index (χ0) is 16.8. The lowest BCUT2D eigenvalue weighted by atomic mass is 10.1. The van der Waals surface area contributed by atoms with Crippen LogP contribution in [-0.2, 0) is 6.18 Å². The van der Waals surface area contributed by atoms with Gasteiger partial charge < -0.3 is 15.8 Å². The smallest absolute Gasteiger partial charge is 0.416 e. The van der Waals surface area contributed by atoms with E-state index in [9.17, 15) is 18.0 Å². The molecule has 0 radical (unpaired) electrons. The highest BCUT2D eigenvalue weighted by Crippen LogP contribution is 2.32. The van der Waals surface area contributed by atoms with Gasteiger partial charge in [-0.3, -0.25) is 4.79 Å². The van der Waals surface area contributed by atoms with Crippen LogP contribution >= 0.6 is 12.4 Å². The lowest BCUT2D eigenvalue weighted by Crippen LogP contribution is -2.31. The molecule has 0 aliphatic heterocycles. The van der Waals surface area contributed by atoms with Crippen LogP contribution in [0.5, 0.6) is 5.75 Å². The van der Waals surface area contributed by atoms with Crippen LogP contribution in [0.2, 0.25) is 0 Å². The maximum absolute atomic E-state index is 12.8. The highest BCUT2D eigenvalue weighted by molar-refractivity contribution is 5.97. The molecule has 1 aromatic carbocycles. The minimum absolute atomic E-state index is 0. The molecule has 0 saturated carbocycles. The van der Waals surface area contributed by atoms with E-state index in [4.69, 9.17) is 10.5 Å². The van der Waals surface area contributed by atoms with Gasteiger partial charge in [-0.1, -0.05) is 19.6 Å². The van der Waals surface area contributed by atoms with Gasteiger partial charge in [0.2, 0.25) is 0 Å². The number of ether oxygens (including phenoxy) is 1. The number of halogens is 4. The topological polar surface area (TPSA) is 64.3 Å². The number of nitrogens with two attached hydrogens (primary N) is 1. The average molecular weight is 353 g/mol. The third-order valence-electron chi connectivity index (χ3n) is 2.92. The lowest BCUT2D eigenvalue weighted by Gasteiger charge is -2.15. The van der Waals surface area contributed by atoms with Crippen molar-refractivity contribution < 1.29 is 22.7 Å². The molecule has 1 aromatic rings. The Balaban J connectivity index is 0.00000484. The Morgan fingerprint density at radius 2 is 2.13 bits per heavy atom. The first-order valence-electron chi connectivity index (χ1n) is 6.72. The predicted octanol–water partition coefficient (Wildman–Crippen LogP) is 3.02. The summed E-state index contributed by atoms with van der Waals surface area (Å²) in [6, 6.07) is 2.78. The highest BCUT2D eigenvalue weighted by atomic mass is 35.5. The van der Waals surface area contributed by atoms with E-state index >= 15 is 0 Å². The number of benzene rings is 1. The van der Waals surface area contributed by atoms with E-state index < -0.39 is 17.6 Å². The molecular formula is C15H20ClF3N2O2. The van der Waals surface area contributed by atoms with E-state index in [1.165, 1.54) is 6.08 Å². The van der Waals surface area contributed by atoms with E-state index in [0.29, 0.717) is 6.54 Å². The summed E-state index contributed by atoms with van der Waals surface area (Å²) in [4.78, 5) is 12.1. The van der Waals surface area contributed by atoms with Gasteiger partial charge in [0, 0.05) is 6.54 Å². The van der Waals surface area contributed by atoms with Crippen LogP contribution in [0.1, 0.15) is 22.8 Å². The predicted molar refractivity (Wildman–Crippen MR) is 84.9 cm³/mol. The molecule has 23 heavy (non-hydrogen) atoms. The molecule has 8 heteroatoms. The zero-order valence-corrected chi connectivity index (χ0v) is 13.5. The Hall–Kier alpha value is -1.73. The number of hydrogen-bond donors (Lipinski definition) is 2. The minimum Gasteiger partial charge on any atom is -0.489 e. The molecule has 3 N–H and O–H groups in total. The molecule has 1 atom stereocenters. The second kappa shape index (κ2) is 9.42. The largest absolute Gasteiger partial charge is 0.489 e. The summed E-state index contributed by atoms with van der Waals surface area (Å²) < 4.78 is 43.6. The number of alkyl halides is 3. The SMILES string of the molecule is C=CCOc1ccc(C(F)(F)F)cc1C(=O)NCC(C)CN.Cl. The first kappa shape index (κ1) is 21.3. The van der Waals surface area contributed by atoms with E-state index in [0.717, 1.165) is 18.2 Å². The molecule has 1 unspecified atom stereocenters. The number of nitrogens with one attached hydrogen (secondary N) is 1. The molecule has 130 valence electrons. The Kier molecular flexibility index (Phi) is 8.71. The van der Waals surface area contributed by atoms with Crippen molar-refractivity contribution in [2.75, 3.05) is 19.7 Å². The summed E-state index contributed by atoms with van der Waals surface area (Å²) in [5.74, 6) is -0.538. The van der Waals surface area contributed by atoms with Crippen molar-refractivity contribution in [3.05, 3.63) is 42.0 Å². The van der Waals surface area contributed by atoms with E-state index in [-0.39, 0.29) is 42.8 Å². The number of carbonyl (C=O) groups is 1. The first-order chi connectivity index (χ1) is 10.3. The van der Waals surface area contributed by atoms with Crippen LogP contribution < -0.4 is 15.8 Å². The highest BCUT2D eigenvalue weighted by Gasteiger charge is 2.32. The van der Waals surface area contributed by atoms with Gasteiger partial charge in [0.05, 0.1) is 11.1 Å². The Bertz CT molecular complexity index is 536. The molecule has 1 amide bonds. The fourth-order valence-corrected chi connectivity index (χ4v) is 1.60. The van der Waals surface area contributed by atoms with Crippen molar-refractivity contribution in [1.29, 1.82) is 0 Å². The normalized spacial score (nSPS) is 12.0. The van der Waals surface area contributed by atoms with E-state index in [1.807, 2.05) is 6.92 Å². The molecule has 0 heterocycles. The maximum Gasteiger partial charge on any atom is 0.416 e. The number of carbonyl (C=O) groups excluding carboxylic acids is 1. The summed E-state index contributed by atoms with van der Waals surface area (Å²) >= 11 is 0. The minimum atomic E-state index is -4.53. The molecule has 0 fully saturated rings. The third kappa shape index (κ3) is 6.50. The van der Waals surface area contributed by atoms with Crippen molar-refractivity contribution in [3.63, 3.8) is 0 Å². The fraction of sp³-hybridized carbons (Fsp3) is 0.400. The van der Waals surface area contributed by atoms with E-state index in [1.54, 1.807) is 0 Å². The number of amides is 1. The van der Waals surface area contributed by atoms with Crippen LogP contribution in [0, 0.1) is 5.92 Å². The maximum atomic E-state index is 12.8. The van der Waals surface area contributed by atoms with Crippen molar-refractivity contribution >= 4 is 18.3 Å². The van der Waals surface area contributed by atoms with Crippen LogP contribution in [0.25, 0.3) is 0 Å². The van der Waals surface area contributed by atoms with Gasteiger partial charge in [-0.15, -0.1) is 12.4 Å². The van der Waals surface area contributed by atoms with Gasteiger partial charge in [-0.05, 0) is 30.7 Å². The van der Waals surface area contributed by atoms with Crippen LogP contribution in [0.4, 0.5) is 13.2 Å². The van der Waals surface area contributed by atoms with E-state index in [2.05, 4.69) is 11.9 Å². The number of rotatable bonds is 7. The van der Waals surface area contributed by atoms with Gasteiger partial charge in [0.15, 0.2) is 0 Å². The Morgan fingerprint density at radius 3 is 2.65 bits per heavy atom. The van der Waals surface area contributed by atoms with Gasteiger partial charge >= 0.3 is 6.18 Å². The lowest BCUT2D eigenvalue weighted by molar-refractivity contribution is -0.137. The molecule has 0 aromatic heterocycles. The molecule has 0 spiro atoms. The van der Waals surface area contributed by atoms with Crippen LogP contribution in [-0.4, -0.2) is 25.6 Å². The standard InChI is InChI=1S/C15H19F3N2O2.ClH/c1-3-6-22-13-5-4-11(15(16,17)18)7-12(13)14(21)20-9-10(2)8-19;/h3-5,7,10H,1,6,8-9,19H2,2H3,(H,20,21);1H. The van der Waals surface area contributed by atoms with Crippen molar-refractivity contribution in [2.24, 2.45) is 11.7 Å². The van der Waals surface area contributed by atoms with Crippen LogP contribution in [0.15, 0.2) is 30.9 Å². The third-order valence-corrected chi connectivity index (χ3v) is 2.92. The van der Waals surface area contributed by atoms with Crippen molar-refractivity contribution in [1.82, 2.24) is 5.32 Å². The zero-order valence-electron chi connectivity index (χ0n) is 12.7. The summed E-state index contributed by atoms with van der Waals surface area (Å²) in [6.07, 6.45) is -3.09. The molecule has 1 rings (SSSR count). The van der Waals surface area contributed by atoms with Gasteiger partial charge in [0.25, 0.3) is 5.91 Å². The molecule has 4 nitrogen and oxygen atoms in total. The quantitative estimate of drug-likeness (QED) is 0.741. The first-order valence-corrected chi connectivity index (χ1v) is 6.72. The Labute approximate surface area is 139 Å². The summed E-state index contributed by atoms with van der Waals surface area (Å²) in [6.45, 7) is 6.00. The molecule has 0 aliphatic rings. The Morgan fingerprint density at radius 1 is 1.48 bits per heavy atom. The molecule has 0 saturated heterocycles. The molecule has 0 aliphatic carbocycles. The molecule has 0 bridgehead atoms. The fourth-order valence-electron chi connectivity index (χ4n) is 1.60. The second-order valence-electron chi connectivity index (χ2n) is 4.86. The van der Waals surface area contributed by atoms with Crippen LogP contribution in [0.3, 0.4) is 0 Å². The summed E-state index contributed by atoms with van der Waals surface area (Å²) in [5.41, 5.74) is 4.37. The van der Waals surface area contributed by atoms with Gasteiger partial charge in [0.1, 0.15) is 12.4 Å². The summed E-state index contributed by atoms with van der Waals surface area (Å²) in [5, 5.41) is 2.55. The monoisotopic (exact) mass is 352 g/mol. The second-order valence-corrected chi connectivity index (χ2v) is 4.86. The average Bonchev–Trinajstić information content (AvgIpc) is 2.48. The summed E-state index contributed by atoms with van der Waals surface area (Å²) in [7, 11) is 0. The van der Waals surface area contributed by atoms with Gasteiger partial charge in [-0.25, -0.2) is 0 Å². The van der Waals surface area contributed by atoms with Crippen molar-refractivity contribution in [3.8, 4) is 5.75 Å². The number of hydrogen-bond acceptors (Lipinski definition) is 3. The van der Waals surface area contributed by atoms with Crippen molar-refractivity contribution in [2.45, 2.75) is 13.1 Å². The molecular weight excluding hydrogens is 333 g/mol.